The summed E-state index contributed by atoms with van der Waals surface area (Å²) in [5, 5.41) is 18.7. The Balaban J connectivity index is 1.66. The minimum absolute atomic E-state index is 0.330. The number of phenols is 1. The van der Waals surface area contributed by atoms with E-state index in [0.717, 1.165) is 31.6 Å². The van der Waals surface area contributed by atoms with Crippen LogP contribution in [0.4, 0.5) is 0 Å². The maximum absolute atomic E-state index is 9.42. The third-order valence-corrected chi connectivity index (χ3v) is 5.58. The molecular formula is C21H27N3O. The summed E-state index contributed by atoms with van der Waals surface area (Å²) in [5.74, 6) is 0.330. The highest BCUT2D eigenvalue weighted by molar-refractivity contribution is 5.34. The van der Waals surface area contributed by atoms with Gasteiger partial charge in [0, 0.05) is 25.3 Å². The van der Waals surface area contributed by atoms with Gasteiger partial charge in [0.2, 0.25) is 0 Å². The first-order valence-electron chi connectivity index (χ1n) is 9.15. The normalized spacial score (nSPS) is 18.2. The molecule has 25 heavy (non-hydrogen) atoms. The van der Waals surface area contributed by atoms with Gasteiger partial charge in [-0.1, -0.05) is 18.6 Å². The van der Waals surface area contributed by atoms with E-state index in [2.05, 4.69) is 17.9 Å². The number of aromatic hydroxyl groups is 1. The number of rotatable bonds is 5. The molecule has 4 nitrogen and oxygen atoms in total. The van der Waals surface area contributed by atoms with Crippen LogP contribution < -0.4 is 0 Å². The van der Waals surface area contributed by atoms with Gasteiger partial charge in [0.15, 0.2) is 0 Å². The van der Waals surface area contributed by atoms with Crippen molar-refractivity contribution in [3.8, 4) is 11.8 Å². The SMILES string of the molecule is Cc1c(CN2CCCC[C@@H]2CCc2ccc(O)cc2)cc(C#N)n1C. The molecule has 1 aromatic carbocycles. The first kappa shape index (κ1) is 17.6. The zero-order chi connectivity index (χ0) is 17.8. The molecule has 1 N–H and O–H groups in total. The number of phenolic OH excluding ortho intramolecular Hbond substituents is 1. The van der Waals surface area contributed by atoms with Crippen LogP contribution in [0.3, 0.4) is 0 Å². The molecule has 0 aliphatic carbocycles. The molecule has 0 radical (unpaired) electrons. The molecule has 1 aromatic heterocycles. The number of nitrogens with zero attached hydrogens (tertiary/aromatic N) is 3. The number of benzene rings is 1. The van der Waals surface area contributed by atoms with Gasteiger partial charge >= 0.3 is 0 Å². The van der Waals surface area contributed by atoms with Crippen molar-refractivity contribution >= 4 is 0 Å². The lowest BCUT2D eigenvalue weighted by Gasteiger charge is -2.36. The van der Waals surface area contributed by atoms with Crippen molar-refractivity contribution in [2.24, 2.45) is 7.05 Å². The van der Waals surface area contributed by atoms with Crippen LogP contribution in [-0.4, -0.2) is 27.2 Å². The Labute approximate surface area is 150 Å². The fourth-order valence-corrected chi connectivity index (χ4v) is 3.84. The third kappa shape index (κ3) is 4.05. The molecular weight excluding hydrogens is 310 g/mol. The number of likely N-dealkylation sites (tertiary alicyclic amines) is 1. The number of hydrogen-bond acceptors (Lipinski definition) is 3. The summed E-state index contributed by atoms with van der Waals surface area (Å²) in [6.45, 7) is 4.17. The van der Waals surface area contributed by atoms with Gasteiger partial charge in [-0.3, -0.25) is 4.90 Å². The monoisotopic (exact) mass is 337 g/mol. The van der Waals surface area contributed by atoms with Crippen LogP contribution in [0, 0.1) is 18.3 Å². The molecule has 1 aliphatic rings. The average molecular weight is 337 g/mol. The van der Waals surface area contributed by atoms with Crippen LogP contribution in [0.2, 0.25) is 0 Å². The maximum Gasteiger partial charge on any atom is 0.120 e. The highest BCUT2D eigenvalue weighted by Gasteiger charge is 2.23. The van der Waals surface area contributed by atoms with E-state index in [-0.39, 0.29) is 0 Å². The number of nitriles is 1. The molecule has 0 saturated carbocycles. The van der Waals surface area contributed by atoms with Gasteiger partial charge in [-0.05, 0) is 68.5 Å². The molecule has 0 spiro atoms. The minimum Gasteiger partial charge on any atom is -0.508 e. The second-order valence-electron chi connectivity index (χ2n) is 7.14. The van der Waals surface area contributed by atoms with E-state index < -0.39 is 0 Å². The molecule has 1 saturated heterocycles. The van der Waals surface area contributed by atoms with E-state index in [1.807, 2.05) is 29.8 Å². The van der Waals surface area contributed by atoms with E-state index in [4.69, 9.17) is 0 Å². The summed E-state index contributed by atoms with van der Waals surface area (Å²) in [6, 6.07) is 12.5. The van der Waals surface area contributed by atoms with Crippen LogP contribution in [0.15, 0.2) is 30.3 Å². The average Bonchev–Trinajstić information content (AvgIpc) is 2.90. The van der Waals surface area contributed by atoms with Crippen LogP contribution >= 0.6 is 0 Å². The van der Waals surface area contributed by atoms with Crippen molar-refractivity contribution in [1.29, 1.82) is 5.26 Å². The maximum atomic E-state index is 9.42. The van der Waals surface area contributed by atoms with Crippen LogP contribution in [0.1, 0.15) is 48.2 Å². The smallest absolute Gasteiger partial charge is 0.120 e. The first-order valence-corrected chi connectivity index (χ1v) is 9.15. The standard InChI is InChI=1S/C21H27N3O/c1-16-18(13-20(14-22)23(16)2)15-24-12-4-3-5-19(24)9-6-17-7-10-21(25)11-8-17/h7-8,10-11,13,19,25H,3-6,9,12,15H2,1-2H3/t19-/m1/s1. The van der Waals surface area contributed by atoms with Gasteiger partial charge in [0.1, 0.15) is 17.5 Å². The van der Waals surface area contributed by atoms with E-state index in [1.54, 1.807) is 12.1 Å². The molecule has 4 heteroatoms. The Hall–Kier alpha value is -2.25. The Morgan fingerprint density at radius 3 is 2.68 bits per heavy atom. The Bertz CT molecular complexity index is 755. The first-order chi connectivity index (χ1) is 12.1. The van der Waals surface area contributed by atoms with Gasteiger partial charge in [-0.15, -0.1) is 0 Å². The molecule has 132 valence electrons. The van der Waals surface area contributed by atoms with Crippen molar-refractivity contribution in [2.45, 2.75) is 51.6 Å². The van der Waals surface area contributed by atoms with Gasteiger partial charge in [-0.2, -0.15) is 5.26 Å². The lowest BCUT2D eigenvalue weighted by Crippen LogP contribution is -2.39. The molecule has 0 bridgehead atoms. The summed E-state index contributed by atoms with van der Waals surface area (Å²) in [5.41, 5.74) is 4.49. The van der Waals surface area contributed by atoms with Crippen LogP contribution in [0.5, 0.6) is 5.75 Å². The van der Waals surface area contributed by atoms with Crippen molar-refractivity contribution in [2.75, 3.05) is 6.54 Å². The zero-order valence-electron chi connectivity index (χ0n) is 15.2. The van der Waals surface area contributed by atoms with Crippen LogP contribution in [0.25, 0.3) is 0 Å². The Morgan fingerprint density at radius 1 is 1.24 bits per heavy atom. The molecule has 1 atom stereocenters. The summed E-state index contributed by atoms with van der Waals surface area (Å²) >= 11 is 0. The summed E-state index contributed by atoms with van der Waals surface area (Å²) in [7, 11) is 1.97. The molecule has 2 aromatic rings. The van der Waals surface area contributed by atoms with Crippen molar-refractivity contribution in [3.05, 3.63) is 52.8 Å². The van der Waals surface area contributed by atoms with Crippen molar-refractivity contribution in [1.82, 2.24) is 9.47 Å². The lowest BCUT2D eigenvalue weighted by molar-refractivity contribution is 0.132. The zero-order valence-corrected chi connectivity index (χ0v) is 15.2. The predicted molar refractivity (Wildman–Crippen MR) is 99.3 cm³/mol. The molecule has 1 aliphatic heterocycles. The largest absolute Gasteiger partial charge is 0.508 e. The van der Waals surface area contributed by atoms with E-state index >= 15 is 0 Å². The van der Waals surface area contributed by atoms with Crippen molar-refractivity contribution < 1.29 is 5.11 Å². The molecule has 2 heterocycles. The number of aryl methyl sites for hydroxylation is 1. The van der Waals surface area contributed by atoms with E-state index in [1.165, 1.54) is 36.1 Å². The lowest BCUT2D eigenvalue weighted by atomic mass is 9.95. The molecule has 1 fully saturated rings. The topological polar surface area (TPSA) is 52.2 Å². The van der Waals surface area contributed by atoms with Gasteiger partial charge < -0.3 is 9.67 Å². The molecule has 3 rings (SSSR count). The summed E-state index contributed by atoms with van der Waals surface area (Å²) in [6.07, 6.45) is 5.98. The highest BCUT2D eigenvalue weighted by atomic mass is 16.3. The van der Waals surface area contributed by atoms with Gasteiger partial charge in [0.05, 0.1) is 0 Å². The predicted octanol–water partition coefficient (Wildman–Crippen LogP) is 3.90. The second-order valence-corrected chi connectivity index (χ2v) is 7.14. The minimum atomic E-state index is 0.330. The van der Waals surface area contributed by atoms with Crippen molar-refractivity contribution in [3.63, 3.8) is 0 Å². The third-order valence-electron chi connectivity index (χ3n) is 5.58. The Morgan fingerprint density at radius 2 is 2.00 bits per heavy atom. The van der Waals surface area contributed by atoms with E-state index in [0.29, 0.717) is 11.8 Å². The Kier molecular flexibility index (Phi) is 5.45. The van der Waals surface area contributed by atoms with Gasteiger partial charge in [-0.25, -0.2) is 0 Å². The second kappa shape index (κ2) is 7.76. The fraction of sp³-hybridized carbons (Fsp3) is 0.476. The fourth-order valence-electron chi connectivity index (χ4n) is 3.84. The molecule has 0 amide bonds. The van der Waals surface area contributed by atoms with E-state index in [9.17, 15) is 10.4 Å². The highest BCUT2D eigenvalue weighted by Crippen LogP contribution is 2.25. The number of aromatic nitrogens is 1. The number of piperidine rings is 1. The quantitative estimate of drug-likeness (QED) is 0.900. The summed E-state index contributed by atoms with van der Waals surface area (Å²) < 4.78 is 1.99. The number of hydrogen-bond donors (Lipinski definition) is 1. The summed E-state index contributed by atoms with van der Waals surface area (Å²) in [4.78, 5) is 2.59. The molecule has 0 unspecified atom stereocenters. The van der Waals surface area contributed by atoms with Gasteiger partial charge in [0.25, 0.3) is 0 Å². The van der Waals surface area contributed by atoms with Crippen LogP contribution in [-0.2, 0) is 20.0 Å².